The van der Waals surface area contributed by atoms with Crippen molar-refractivity contribution in [1.82, 2.24) is 5.32 Å². The second-order valence-electron chi connectivity index (χ2n) is 4.05. The molecule has 0 rings (SSSR count). The molecule has 0 aromatic rings. The van der Waals surface area contributed by atoms with Crippen LogP contribution < -0.4 is 5.32 Å². The smallest absolute Gasteiger partial charge is 0.325 e. The number of carbonyl (C=O) groups excluding carboxylic acids is 2. The van der Waals surface area contributed by atoms with Crippen LogP contribution in [0.5, 0.6) is 0 Å². The Morgan fingerprint density at radius 2 is 2.00 bits per heavy atom. The van der Waals surface area contributed by atoms with E-state index in [0.717, 1.165) is 0 Å². The summed E-state index contributed by atoms with van der Waals surface area (Å²) in [6, 6.07) is -0.508. The van der Waals surface area contributed by atoms with Gasteiger partial charge in [0.25, 0.3) is 0 Å². The van der Waals surface area contributed by atoms with E-state index >= 15 is 0 Å². The van der Waals surface area contributed by atoms with Gasteiger partial charge in [0.1, 0.15) is 6.04 Å². The topological polar surface area (TPSA) is 84.9 Å². The Kier molecular flexibility index (Phi) is 8.35. The minimum atomic E-state index is -0.633. The molecule has 0 heterocycles. The zero-order valence-corrected chi connectivity index (χ0v) is 10.6. The van der Waals surface area contributed by atoms with Gasteiger partial charge >= 0.3 is 11.9 Å². The van der Waals surface area contributed by atoms with Crippen molar-refractivity contribution in [3.8, 4) is 0 Å². The van der Waals surface area contributed by atoms with Crippen LogP contribution in [0.25, 0.3) is 0 Å². The summed E-state index contributed by atoms with van der Waals surface area (Å²) in [4.78, 5) is 22.4. The van der Waals surface area contributed by atoms with Crippen LogP contribution in [0.4, 0.5) is 0 Å². The molecule has 17 heavy (non-hydrogen) atoms. The molecular weight excluding hydrogens is 226 g/mol. The maximum atomic E-state index is 11.5. The average molecular weight is 247 g/mol. The highest BCUT2D eigenvalue weighted by Gasteiger charge is 2.20. The van der Waals surface area contributed by atoms with Crippen molar-refractivity contribution in [2.45, 2.75) is 32.7 Å². The van der Waals surface area contributed by atoms with Gasteiger partial charge in [-0.25, -0.2) is 0 Å². The lowest BCUT2D eigenvalue weighted by atomic mass is 10.0. The zero-order valence-electron chi connectivity index (χ0n) is 10.6. The highest BCUT2D eigenvalue weighted by atomic mass is 16.6. The van der Waals surface area contributed by atoms with Crippen molar-refractivity contribution in [1.29, 1.82) is 0 Å². The van der Waals surface area contributed by atoms with Gasteiger partial charge in [0, 0.05) is 6.54 Å². The molecule has 0 aliphatic carbocycles. The molecule has 0 fully saturated rings. The molecule has 6 nitrogen and oxygen atoms in total. The number of aliphatic hydroxyl groups excluding tert-OH is 1. The van der Waals surface area contributed by atoms with E-state index in [1.54, 1.807) is 0 Å². The number of methoxy groups -OCH3 is 1. The van der Waals surface area contributed by atoms with Gasteiger partial charge in [-0.15, -0.1) is 0 Å². The van der Waals surface area contributed by atoms with Gasteiger partial charge in [-0.3, -0.25) is 9.59 Å². The number of nitrogens with one attached hydrogen (secondary N) is 1. The SMILES string of the molecule is COC(=O)CCNC(CC(C)C)C(=O)OCO. The lowest BCUT2D eigenvalue weighted by molar-refractivity contribution is -0.155. The average Bonchev–Trinajstić information content (AvgIpc) is 2.27. The number of hydrogen-bond donors (Lipinski definition) is 2. The number of rotatable bonds is 8. The minimum absolute atomic E-state index is 0.192. The summed E-state index contributed by atoms with van der Waals surface area (Å²) in [5.41, 5.74) is 0. The van der Waals surface area contributed by atoms with Crippen molar-refractivity contribution >= 4 is 11.9 Å². The first-order chi connectivity index (χ1) is 8.01. The Morgan fingerprint density at radius 1 is 1.35 bits per heavy atom. The summed E-state index contributed by atoms with van der Waals surface area (Å²) >= 11 is 0. The van der Waals surface area contributed by atoms with Gasteiger partial charge in [-0.1, -0.05) is 13.8 Å². The molecule has 2 N–H and O–H groups in total. The Morgan fingerprint density at radius 3 is 2.47 bits per heavy atom. The molecule has 0 saturated carbocycles. The van der Waals surface area contributed by atoms with E-state index in [4.69, 9.17) is 5.11 Å². The first-order valence-corrected chi connectivity index (χ1v) is 5.59. The Bertz CT molecular complexity index is 242. The molecule has 0 amide bonds. The normalized spacial score (nSPS) is 12.3. The van der Waals surface area contributed by atoms with E-state index < -0.39 is 18.8 Å². The summed E-state index contributed by atoms with van der Waals surface area (Å²) in [6.45, 7) is 3.65. The van der Waals surface area contributed by atoms with E-state index in [-0.39, 0.29) is 12.4 Å². The highest BCUT2D eigenvalue weighted by molar-refractivity contribution is 5.76. The highest BCUT2D eigenvalue weighted by Crippen LogP contribution is 2.06. The van der Waals surface area contributed by atoms with Gasteiger partial charge in [0.15, 0.2) is 6.79 Å². The summed E-state index contributed by atoms with van der Waals surface area (Å²) in [7, 11) is 1.31. The summed E-state index contributed by atoms with van der Waals surface area (Å²) < 4.78 is 9.01. The zero-order chi connectivity index (χ0) is 13.3. The molecule has 0 radical (unpaired) electrons. The van der Waals surface area contributed by atoms with Gasteiger partial charge in [-0.2, -0.15) is 0 Å². The van der Waals surface area contributed by atoms with Crippen LogP contribution in [0.2, 0.25) is 0 Å². The van der Waals surface area contributed by atoms with Crippen LogP contribution in [0.3, 0.4) is 0 Å². The molecule has 1 unspecified atom stereocenters. The molecule has 0 saturated heterocycles. The van der Waals surface area contributed by atoms with E-state index in [2.05, 4.69) is 14.8 Å². The van der Waals surface area contributed by atoms with Gasteiger partial charge in [0.2, 0.25) is 0 Å². The van der Waals surface area contributed by atoms with E-state index in [1.165, 1.54) is 7.11 Å². The Balaban J connectivity index is 4.10. The maximum Gasteiger partial charge on any atom is 0.325 e. The molecule has 0 aliphatic rings. The van der Waals surface area contributed by atoms with Crippen LogP contribution >= 0.6 is 0 Å². The number of hydrogen-bond acceptors (Lipinski definition) is 6. The molecule has 0 spiro atoms. The van der Waals surface area contributed by atoms with E-state index in [9.17, 15) is 9.59 Å². The largest absolute Gasteiger partial charge is 0.469 e. The third-order valence-corrected chi connectivity index (χ3v) is 2.15. The van der Waals surface area contributed by atoms with Gasteiger partial charge in [0.05, 0.1) is 13.5 Å². The second kappa shape index (κ2) is 8.95. The third-order valence-electron chi connectivity index (χ3n) is 2.15. The van der Waals surface area contributed by atoms with Crippen LogP contribution in [-0.2, 0) is 19.1 Å². The van der Waals surface area contributed by atoms with Crippen molar-refractivity contribution in [2.75, 3.05) is 20.4 Å². The molecular formula is C11H21NO5. The van der Waals surface area contributed by atoms with Crippen molar-refractivity contribution < 1.29 is 24.2 Å². The van der Waals surface area contributed by atoms with Gasteiger partial charge in [-0.05, 0) is 12.3 Å². The van der Waals surface area contributed by atoms with Crippen LogP contribution in [0.15, 0.2) is 0 Å². The number of esters is 2. The molecule has 0 aliphatic heterocycles. The summed E-state index contributed by atoms with van der Waals surface area (Å²) in [6.07, 6.45) is 0.775. The minimum Gasteiger partial charge on any atom is -0.469 e. The summed E-state index contributed by atoms with van der Waals surface area (Å²) in [5, 5.41) is 11.4. The fraction of sp³-hybridized carbons (Fsp3) is 0.818. The predicted octanol–water partition coefficient (Wildman–Crippen LogP) is 0.0468. The predicted molar refractivity (Wildman–Crippen MR) is 61.1 cm³/mol. The lowest BCUT2D eigenvalue weighted by Gasteiger charge is -2.18. The standard InChI is InChI=1S/C11H21NO5/c1-8(2)6-9(11(15)17-7-13)12-5-4-10(14)16-3/h8-9,12-13H,4-7H2,1-3H3. The molecule has 100 valence electrons. The maximum absolute atomic E-state index is 11.5. The quantitative estimate of drug-likeness (QED) is 0.465. The third kappa shape index (κ3) is 7.70. The number of aliphatic hydroxyl groups is 1. The Labute approximate surface area is 101 Å². The van der Waals surface area contributed by atoms with Crippen molar-refractivity contribution in [3.63, 3.8) is 0 Å². The first kappa shape index (κ1) is 15.9. The van der Waals surface area contributed by atoms with E-state index in [1.807, 2.05) is 13.8 Å². The fourth-order valence-corrected chi connectivity index (χ4v) is 1.35. The van der Waals surface area contributed by atoms with Crippen molar-refractivity contribution in [3.05, 3.63) is 0 Å². The number of carbonyl (C=O) groups is 2. The Hall–Kier alpha value is -1.14. The second-order valence-corrected chi connectivity index (χ2v) is 4.05. The fourth-order valence-electron chi connectivity index (χ4n) is 1.35. The van der Waals surface area contributed by atoms with Crippen LogP contribution in [0.1, 0.15) is 26.7 Å². The molecule has 0 bridgehead atoms. The van der Waals surface area contributed by atoms with Gasteiger partial charge < -0.3 is 19.9 Å². The molecule has 0 aromatic carbocycles. The first-order valence-electron chi connectivity index (χ1n) is 5.59. The van der Waals surface area contributed by atoms with Crippen LogP contribution in [-0.4, -0.2) is 43.5 Å². The van der Waals surface area contributed by atoms with Crippen molar-refractivity contribution in [2.24, 2.45) is 5.92 Å². The van der Waals surface area contributed by atoms with Crippen LogP contribution in [0, 0.1) is 5.92 Å². The van der Waals surface area contributed by atoms with E-state index in [0.29, 0.717) is 18.9 Å². The molecule has 6 heteroatoms. The molecule has 0 aromatic heterocycles. The number of ether oxygens (including phenoxy) is 2. The monoisotopic (exact) mass is 247 g/mol. The molecule has 1 atom stereocenters. The lowest BCUT2D eigenvalue weighted by Crippen LogP contribution is -2.40. The summed E-state index contributed by atoms with van der Waals surface area (Å²) in [5.74, 6) is -0.542.